The Morgan fingerprint density at radius 2 is 1.83 bits per heavy atom. The number of carbonyl (C=O) groups is 2. The van der Waals surface area contributed by atoms with Crippen molar-refractivity contribution in [3.05, 3.63) is 34.9 Å². The third-order valence-corrected chi connectivity index (χ3v) is 5.11. The highest BCUT2D eigenvalue weighted by Gasteiger charge is 2.27. The van der Waals surface area contributed by atoms with Gasteiger partial charge in [0.05, 0.1) is 6.67 Å². The minimum atomic E-state index is 0.0500. The average molecular weight is 350 g/mol. The summed E-state index contributed by atoms with van der Waals surface area (Å²) < 4.78 is 0. The standard InChI is InChI=1S/C18H24ClN3O2/c1-14-2-7-17(23)22(12-14)13-20-8-10-21(11-9-20)18(24)15-3-5-16(19)6-4-15/h3-6,14H,2,7-13H2,1H3/t14-/m1/s1. The van der Waals surface area contributed by atoms with Gasteiger partial charge < -0.3 is 9.80 Å². The Morgan fingerprint density at radius 1 is 1.17 bits per heavy atom. The molecule has 1 aromatic carbocycles. The average Bonchev–Trinajstić information content (AvgIpc) is 2.59. The third-order valence-electron chi connectivity index (χ3n) is 4.86. The normalized spacial score (nSPS) is 22.8. The third kappa shape index (κ3) is 4.08. The van der Waals surface area contributed by atoms with Crippen LogP contribution < -0.4 is 0 Å². The monoisotopic (exact) mass is 349 g/mol. The van der Waals surface area contributed by atoms with E-state index in [1.807, 2.05) is 9.80 Å². The summed E-state index contributed by atoms with van der Waals surface area (Å²) in [4.78, 5) is 30.6. The van der Waals surface area contributed by atoms with Gasteiger partial charge in [-0.25, -0.2) is 0 Å². The van der Waals surface area contributed by atoms with Crippen LogP contribution >= 0.6 is 11.6 Å². The summed E-state index contributed by atoms with van der Waals surface area (Å²) in [5.41, 5.74) is 0.674. The molecule has 0 aromatic heterocycles. The second kappa shape index (κ2) is 7.53. The van der Waals surface area contributed by atoms with Gasteiger partial charge in [-0.3, -0.25) is 14.5 Å². The summed E-state index contributed by atoms with van der Waals surface area (Å²) in [6.07, 6.45) is 1.66. The molecule has 24 heavy (non-hydrogen) atoms. The SMILES string of the molecule is C[C@@H]1CCC(=O)N(CN2CCN(C(=O)c3ccc(Cl)cc3)CC2)C1. The first-order valence-corrected chi connectivity index (χ1v) is 8.95. The first-order valence-electron chi connectivity index (χ1n) is 8.58. The van der Waals surface area contributed by atoms with E-state index in [4.69, 9.17) is 11.6 Å². The highest BCUT2D eigenvalue weighted by Crippen LogP contribution is 2.18. The lowest BCUT2D eigenvalue weighted by atomic mass is 10.0. The molecule has 130 valence electrons. The molecule has 2 aliphatic rings. The molecule has 0 aliphatic carbocycles. The Labute approximate surface area is 148 Å². The van der Waals surface area contributed by atoms with Crippen molar-refractivity contribution in [3.8, 4) is 0 Å². The summed E-state index contributed by atoms with van der Waals surface area (Å²) in [6, 6.07) is 7.03. The maximum absolute atomic E-state index is 12.5. The topological polar surface area (TPSA) is 43.9 Å². The van der Waals surface area contributed by atoms with Crippen LogP contribution in [0.1, 0.15) is 30.1 Å². The molecule has 6 heteroatoms. The Morgan fingerprint density at radius 3 is 2.50 bits per heavy atom. The van der Waals surface area contributed by atoms with E-state index in [-0.39, 0.29) is 11.8 Å². The Bertz CT molecular complexity index is 597. The lowest BCUT2D eigenvalue weighted by Crippen LogP contribution is -2.53. The lowest BCUT2D eigenvalue weighted by Gasteiger charge is -2.39. The maximum Gasteiger partial charge on any atom is 0.253 e. The van der Waals surface area contributed by atoms with Gasteiger partial charge in [0, 0.05) is 49.7 Å². The van der Waals surface area contributed by atoms with Crippen LogP contribution in [0.5, 0.6) is 0 Å². The summed E-state index contributed by atoms with van der Waals surface area (Å²) in [6.45, 7) is 6.73. The van der Waals surface area contributed by atoms with E-state index in [0.29, 0.717) is 42.7 Å². The first-order chi connectivity index (χ1) is 11.5. The Kier molecular flexibility index (Phi) is 5.41. The largest absolute Gasteiger partial charge is 0.336 e. The molecule has 0 unspecified atom stereocenters. The molecule has 0 saturated carbocycles. The molecular weight excluding hydrogens is 326 g/mol. The van der Waals surface area contributed by atoms with Crippen LogP contribution in [-0.2, 0) is 4.79 Å². The Hall–Kier alpha value is -1.59. The predicted molar refractivity (Wildman–Crippen MR) is 93.9 cm³/mol. The van der Waals surface area contributed by atoms with Crippen molar-refractivity contribution in [1.82, 2.24) is 14.7 Å². The molecule has 2 saturated heterocycles. The number of nitrogens with zero attached hydrogens (tertiary/aromatic N) is 3. The second-order valence-corrected chi connectivity index (χ2v) is 7.25. The number of piperazine rings is 1. The Balaban J connectivity index is 1.51. The van der Waals surface area contributed by atoms with Gasteiger partial charge in [0.15, 0.2) is 0 Å². The number of rotatable bonds is 3. The van der Waals surface area contributed by atoms with Crippen molar-refractivity contribution < 1.29 is 9.59 Å². The van der Waals surface area contributed by atoms with E-state index in [1.165, 1.54) is 0 Å². The van der Waals surface area contributed by atoms with Crippen molar-refractivity contribution in [1.29, 1.82) is 0 Å². The number of benzene rings is 1. The summed E-state index contributed by atoms with van der Waals surface area (Å²) >= 11 is 5.87. The number of amides is 2. The molecule has 2 fully saturated rings. The molecular formula is C18H24ClN3O2. The predicted octanol–water partition coefficient (Wildman–Crippen LogP) is 2.31. The van der Waals surface area contributed by atoms with Crippen molar-refractivity contribution >= 4 is 23.4 Å². The molecule has 5 nitrogen and oxygen atoms in total. The van der Waals surface area contributed by atoms with Gasteiger partial charge in [0.2, 0.25) is 5.91 Å². The molecule has 0 bridgehead atoms. The summed E-state index contributed by atoms with van der Waals surface area (Å²) in [7, 11) is 0. The highest BCUT2D eigenvalue weighted by atomic mass is 35.5. The molecule has 0 spiro atoms. The number of likely N-dealkylation sites (tertiary alicyclic amines) is 1. The van der Waals surface area contributed by atoms with Crippen molar-refractivity contribution in [2.75, 3.05) is 39.4 Å². The smallest absolute Gasteiger partial charge is 0.253 e. The van der Waals surface area contributed by atoms with Crippen LogP contribution in [0.4, 0.5) is 0 Å². The molecule has 2 aliphatic heterocycles. The van der Waals surface area contributed by atoms with Crippen LogP contribution in [0.2, 0.25) is 5.02 Å². The van der Waals surface area contributed by atoms with Crippen LogP contribution in [-0.4, -0.2) is 65.9 Å². The van der Waals surface area contributed by atoms with Gasteiger partial charge in [0.25, 0.3) is 5.91 Å². The minimum Gasteiger partial charge on any atom is -0.336 e. The number of piperidine rings is 1. The van der Waals surface area contributed by atoms with E-state index in [0.717, 1.165) is 26.1 Å². The van der Waals surface area contributed by atoms with E-state index in [2.05, 4.69) is 11.8 Å². The van der Waals surface area contributed by atoms with Gasteiger partial charge in [-0.2, -0.15) is 0 Å². The zero-order valence-electron chi connectivity index (χ0n) is 14.1. The quantitative estimate of drug-likeness (QED) is 0.841. The molecule has 0 radical (unpaired) electrons. The van der Waals surface area contributed by atoms with Crippen LogP contribution in [0.25, 0.3) is 0 Å². The van der Waals surface area contributed by atoms with Gasteiger partial charge in [-0.15, -0.1) is 0 Å². The van der Waals surface area contributed by atoms with E-state index in [1.54, 1.807) is 24.3 Å². The second-order valence-electron chi connectivity index (χ2n) is 6.82. The molecule has 2 heterocycles. The summed E-state index contributed by atoms with van der Waals surface area (Å²) in [5, 5.41) is 0.636. The van der Waals surface area contributed by atoms with Crippen LogP contribution in [0.15, 0.2) is 24.3 Å². The van der Waals surface area contributed by atoms with Crippen LogP contribution in [0.3, 0.4) is 0 Å². The van der Waals surface area contributed by atoms with E-state index < -0.39 is 0 Å². The fraction of sp³-hybridized carbons (Fsp3) is 0.556. The van der Waals surface area contributed by atoms with Crippen LogP contribution in [0, 0.1) is 5.92 Å². The number of hydrogen-bond donors (Lipinski definition) is 0. The zero-order chi connectivity index (χ0) is 17.1. The van der Waals surface area contributed by atoms with Crippen molar-refractivity contribution in [3.63, 3.8) is 0 Å². The maximum atomic E-state index is 12.5. The summed E-state index contributed by atoms with van der Waals surface area (Å²) in [5.74, 6) is 0.886. The van der Waals surface area contributed by atoms with Gasteiger partial charge in [0.1, 0.15) is 0 Å². The number of carbonyl (C=O) groups excluding carboxylic acids is 2. The number of hydrogen-bond acceptors (Lipinski definition) is 3. The molecule has 0 N–H and O–H groups in total. The van der Waals surface area contributed by atoms with Gasteiger partial charge in [-0.1, -0.05) is 18.5 Å². The fourth-order valence-corrected chi connectivity index (χ4v) is 3.47. The first kappa shape index (κ1) is 17.2. The minimum absolute atomic E-state index is 0.0500. The van der Waals surface area contributed by atoms with Gasteiger partial charge >= 0.3 is 0 Å². The molecule has 2 amide bonds. The van der Waals surface area contributed by atoms with Gasteiger partial charge in [-0.05, 0) is 36.6 Å². The highest BCUT2D eigenvalue weighted by molar-refractivity contribution is 6.30. The van der Waals surface area contributed by atoms with E-state index >= 15 is 0 Å². The molecule has 3 rings (SSSR count). The van der Waals surface area contributed by atoms with Crippen molar-refractivity contribution in [2.45, 2.75) is 19.8 Å². The lowest BCUT2D eigenvalue weighted by molar-refractivity contribution is -0.137. The zero-order valence-corrected chi connectivity index (χ0v) is 14.8. The fourth-order valence-electron chi connectivity index (χ4n) is 3.34. The molecule has 1 atom stereocenters. The van der Waals surface area contributed by atoms with Crippen molar-refractivity contribution in [2.24, 2.45) is 5.92 Å². The van der Waals surface area contributed by atoms with E-state index in [9.17, 15) is 9.59 Å². The number of halogens is 1. The molecule has 1 aromatic rings.